The number of hydrogen-bond donors (Lipinski definition) is 3. The van der Waals surface area contributed by atoms with Crippen molar-refractivity contribution in [1.82, 2.24) is 20.2 Å². The van der Waals surface area contributed by atoms with Crippen LogP contribution in [0.4, 0.5) is 10.6 Å². The standard InChI is InChI=1S/C18H20ClN5O3S/c19-14-9-20-16(27-11-12-5-2-1-3-6-12)15(22-14)23-17(28)21-13-7-4-8-24(10-13)18(25)26/h1-3,5-6,9,13H,4,7-8,10-11H2,(H,25,26)(H2,21,22,23,28). The van der Waals surface area contributed by atoms with E-state index in [0.29, 0.717) is 30.6 Å². The first-order valence-electron chi connectivity index (χ1n) is 8.76. The molecular weight excluding hydrogens is 402 g/mol. The molecule has 0 bridgehead atoms. The second kappa shape index (κ2) is 9.52. The number of nitrogens with zero attached hydrogens (tertiary/aromatic N) is 3. The molecule has 0 aliphatic carbocycles. The molecule has 3 N–H and O–H groups in total. The molecule has 1 unspecified atom stereocenters. The number of carbonyl (C=O) groups is 1. The van der Waals surface area contributed by atoms with E-state index < -0.39 is 6.09 Å². The highest BCUT2D eigenvalue weighted by Crippen LogP contribution is 2.22. The van der Waals surface area contributed by atoms with E-state index in [-0.39, 0.29) is 17.1 Å². The quantitative estimate of drug-likeness (QED) is 0.633. The van der Waals surface area contributed by atoms with E-state index in [2.05, 4.69) is 20.6 Å². The maximum absolute atomic E-state index is 11.1. The molecule has 10 heteroatoms. The number of amides is 1. The van der Waals surface area contributed by atoms with Crippen molar-refractivity contribution in [1.29, 1.82) is 0 Å². The number of likely N-dealkylation sites (tertiary alicyclic amines) is 1. The predicted molar refractivity (Wildman–Crippen MR) is 110 cm³/mol. The number of hydrogen-bond acceptors (Lipinski definition) is 5. The van der Waals surface area contributed by atoms with Crippen molar-refractivity contribution >= 4 is 40.8 Å². The van der Waals surface area contributed by atoms with Gasteiger partial charge in [0.05, 0.1) is 6.20 Å². The van der Waals surface area contributed by atoms with E-state index in [4.69, 9.17) is 33.7 Å². The molecular formula is C18H20ClN5O3S. The van der Waals surface area contributed by atoms with Gasteiger partial charge in [-0.2, -0.15) is 0 Å². The van der Waals surface area contributed by atoms with E-state index in [0.717, 1.165) is 18.4 Å². The number of halogens is 1. The van der Waals surface area contributed by atoms with Gasteiger partial charge >= 0.3 is 6.09 Å². The molecule has 1 aromatic carbocycles. The molecule has 0 saturated carbocycles. The average molecular weight is 422 g/mol. The normalized spacial score (nSPS) is 16.3. The Labute approximate surface area is 172 Å². The predicted octanol–water partition coefficient (Wildman–Crippen LogP) is 3.14. The van der Waals surface area contributed by atoms with Crippen LogP contribution in [0.5, 0.6) is 5.88 Å². The van der Waals surface area contributed by atoms with E-state index in [1.165, 1.54) is 11.1 Å². The van der Waals surface area contributed by atoms with Crippen LogP contribution in [0.2, 0.25) is 5.15 Å². The highest BCUT2D eigenvalue weighted by molar-refractivity contribution is 7.80. The second-order valence-electron chi connectivity index (χ2n) is 6.29. The van der Waals surface area contributed by atoms with Gasteiger partial charge in [0.15, 0.2) is 10.9 Å². The third-order valence-electron chi connectivity index (χ3n) is 4.19. The van der Waals surface area contributed by atoms with Crippen LogP contribution in [0.1, 0.15) is 18.4 Å². The summed E-state index contributed by atoms with van der Waals surface area (Å²) in [6, 6.07) is 9.59. The van der Waals surface area contributed by atoms with Gasteiger partial charge in [0, 0.05) is 19.1 Å². The summed E-state index contributed by atoms with van der Waals surface area (Å²) in [6.07, 6.45) is 2.07. The number of aromatic nitrogens is 2. The number of benzene rings is 1. The van der Waals surface area contributed by atoms with Crippen LogP contribution in [0.15, 0.2) is 36.5 Å². The molecule has 1 saturated heterocycles. The average Bonchev–Trinajstić information content (AvgIpc) is 2.68. The first kappa shape index (κ1) is 20.1. The first-order chi connectivity index (χ1) is 13.5. The zero-order valence-corrected chi connectivity index (χ0v) is 16.5. The van der Waals surface area contributed by atoms with Crippen LogP contribution in [-0.2, 0) is 6.61 Å². The van der Waals surface area contributed by atoms with Gasteiger partial charge in [-0.15, -0.1) is 0 Å². The fraction of sp³-hybridized carbons (Fsp3) is 0.333. The number of rotatable bonds is 5. The topological polar surface area (TPSA) is 99.6 Å². The number of anilines is 1. The van der Waals surface area contributed by atoms with E-state index >= 15 is 0 Å². The summed E-state index contributed by atoms with van der Waals surface area (Å²) in [5.74, 6) is 0.569. The van der Waals surface area contributed by atoms with Crippen molar-refractivity contribution in [2.45, 2.75) is 25.5 Å². The molecule has 1 fully saturated rings. The minimum absolute atomic E-state index is 0.0781. The summed E-state index contributed by atoms with van der Waals surface area (Å²) < 4.78 is 5.75. The molecule has 0 spiro atoms. The third-order valence-corrected chi connectivity index (χ3v) is 4.59. The van der Waals surface area contributed by atoms with Crippen molar-refractivity contribution in [2.24, 2.45) is 0 Å². The Bertz CT molecular complexity index is 839. The van der Waals surface area contributed by atoms with E-state index in [9.17, 15) is 4.79 Å². The lowest BCUT2D eigenvalue weighted by Gasteiger charge is -2.31. The molecule has 8 nitrogen and oxygen atoms in total. The molecule has 1 aliphatic heterocycles. The monoisotopic (exact) mass is 421 g/mol. The molecule has 2 aromatic rings. The smallest absolute Gasteiger partial charge is 0.407 e. The number of piperidine rings is 1. The Morgan fingerprint density at radius 2 is 2.18 bits per heavy atom. The van der Waals surface area contributed by atoms with Crippen LogP contribution in [0.3, 0.4) is 0 Å². The Hall–Kier alpha value is -2.65. The molecule has 2 heterocycles. The van der Waals surface area contributed by atoms with Crippen molar-refractivity contribution in [3.8, 4) is 5.88 Å². The maximum atomic E-state index is 11.1. The molecule has 28 heavy (non-hydrogen) atoms. The van der Waals surface area contributed by atoms with Crippen LogP contribution in [0, 0.1) is 0 Å². The Kier molecular flexibility index (Phi) is 6.83. The number of nitrogens with one attached hydrogen (secondary N) is 2. The van der Waals surface area contributed by atoms with Gasteiger partial charge in [-0.3, -0.25) is 0 Å². The second-order valence-corrected chi connectivity index (χ2v) is 7.08. The summed E-state index contributed by atoms with van der Waals surface area (Å²) in [6.45, 7) is 1.23. The molecule has 1 amide bonds. The van der Waals surface area contributed by atoms with Crippen LogP contribution in [0.25, 0.3) is 0 Å². The van der Waals surface area contributed by atoms with Crippen molar-refractivity contribution in [3.63, 3.8) is 0 Å². The number of carboxylic acid groups (broad SMARTS) is 1. The fourth-order valence-corrected chi connectivity index (χ4v) is 3.26. The minimum Gasteiger partial charge on any atom is -0.470 e. The third kappa shape index (κ3) is 5.67. The summed E-state index contributed by atoms with van der Waals surface area (Å²) in [5.41, 5.74) is 0.988. The van der Waals surface area contributed by atoms with Crippen LogP contribution < -0.4 is 15.4 Å². The van der Waals surface area contributed by atoms with Crippen LogP contribution >= 0.6 is 23.8 Å². The lowest BCUT2D eigenvalue weighted by atomic mass is 10.1. The van der Waals surface area contributed by atoms with Gasteiger partial charge in [-0.05, 0) is 30.6 Å². The van der Waals surface area contributed by atoms with Gasteiger partial charge < -0.3 is 25.4 Å². The molecule has 148 valence electrons. The van der Waals surface area contributed by atoms with Gasteiger partial charge in [0.25, 0.3) is 5.88 Å². The van der Waals surface area contributed by atoms with Gasteiger partial charge in [-0.25, -0.2) is 14.8 Å². The Morgan fingerprint density at radius 3 is 2.93 bits per heavy atom. The summed E-state index contributed by atoms with van der Waals surface area (Å²) in [7, 11) is 0. The van der Waals surface area contributed by atoms with Gasteiger partial charge in [-0.1, -0.05) is 41.9 Å². The SMILES string of the molecule is O=C(O)N1CCCC(NC(=S)Nc2nc(Cl)cnc2OCc2ccccc2)C1. The maximum Gasteiger partial charge on any atom is 0.407 e. The van der Waals surface area contributed by atoms with Crippen molar-refractivity contribution in [2.75, 3.05) is 18.4 Å². The summed E-state index contributed by atoms with van der Waals surface area (Å²) in [4.78, 5) is 20.9. The van der Waals surface area contributed by atoms with Crippen molar-refractivity contribution in [3.05, 3.63) is 47.2 Å². The van der Waals surface area contributed by atoms with E-state index in [1.54, 1.807) is 0 Å². The molecule has 0 radical (unpaired) electrons. The van der Waals surface area contributed by atoms with Crippen molar-refractivity contribution < 1.29 is 14.6 Å². The van der Waals surface area contributed by atoms with Gasteiger partial charge in [0.2, 0.25) is 0 Å². The van der Waals surface area contributed by atoms with Crippen LogP contribution in [-0.4, -0.2) is 50.3 Å². The Morgan fingerprint density at radius 1 is 1.39 bits per heavy atom. The Balaban J connectivity index is 1.61. The molecule has 1 aromatic heterocycles. The number of ether oxygens (including phenoxy) is 1. The fourth-order valence-electron chi connectivity index (χ4n) is 2.87. The molecule has 1 aliphatic rings. The molecule has 3 rings (SSSR count). The lowest BCUT2D eigenvalue weighted by molar-refractivity contribution is 0.129. The summed E-state index contributed by atoms with van der Waals surface area (Å²) >= 11 is 11.3. The number of thiocarbonyl (C=S) groups is 1. The lowest BCUT2D eigenvalue weighted by Crippen LogP contribution is -2.50. The van der Waals surface area contributed by atoms with Gasteiger partial charge in [0.1, 0.15) is 11.8 Å². The zero-order chi connectivity index (χ0) is 19.9. The first-order valence-corrected chi connectivity index (χ1v) is 9.54. The molecule has 1 atom stereocenters. The zero-order valence-electron chi connectivity index (χ0n) is 15.0. The largest absolute Gasteiger partial charge is 0.470 e. The minimum atomic E-state index is -0.928. The highest BCUT2D eigenvalue weighted by Gasteiger charge is 2.24. The summed E-state index contributed by atoms with van der Waals surface area (Å²) in [5, 5.41) is 15.7. The van der Waals surface area contributed by atoms with E-state index in [1.807, 2.05) is 30.3 Å². The highest BCUT2D eigenvalue weighted by atomic mass is 35.5.